The van der Waals surface area contributed by atoms with Crippen LogP contribution in [0.4, 0.5) is 0 Å². The van der Waals surface area contributed by atoms with E-state index in [0.717, 1.165) is 19.3 Å². The minimum absolute atomic E-state index is 0.0911. The fourth-order valence-corrected chi connectivity index (χ4v) is 2.01. The topological polar surface area (TPSA) is 56.8 Å². The molecule has 0 bridgehead atoms. The SMILES string of the molecule is CCCC(Cc1ccccc1)OC(C#N)(C#N)CC. The second-order valence-electron chi connectivity index (χ2n) is 4.62. The lowest BCUT2D eigenvalue weighted by Crippen LogP contribution is -2.34. The van der Waals surface area contributed by atoms with Gasteiger partial charge in [0.25, 0.3) is 0 Å². The lowest BCUT2D eigenvalue weighted by Gasteiger charge is -2.25. The average molecular weight is 256 g/mol. The zero-order valence-electron chi connectivity index (χ0n) is 11.6. The van der Waals surface area contributed by atoms with Gasteiger partial charge < -0.3 is 4.74 Å². The van der Waals surface area contributed by atoms with Gasteiger partial charge in [0.2, 0.25) is 5.60 Å². The number of hydrogen-bond donors (Lipinski definition) is 0. The van der Waals surface area contributed by atoms with Gasteiger partial charge in [0.15, 0.2) is 0 Å². The van der Waals surface area contributed by atoms with E-state index in [2.05, 4.69) is 6.92 Å². The molecule has 3 nitrogen and oxygen atoms in total. The molecule has 0 aliphatic rings. The van der Waals surface area contributed by atoms with Gasteiger partial charge in [0.05, 0.1) is 6.10 Å². The van der Waals surface area contributed by atoms with Gasteiger partial charge in [0, 0.05) is 6.42 Å². The van der Waals surface area contributed by atoms with E-state index in [4.69, 9.17) is 15.3 Å². The summed E-state index contributed by atoms with van der Waals surface area (Å²) >= 11 is 0. The largest absolute Gasteiger partial charge is 0.344 e. The van der Waals surface area contributed by atoms with Gasteiger partial charge in [-0.05, 0) is 18.4 Å². The van der Waals surface area contributed by atoms with Crippen molar-refractivity contribution in [2.24, 2.45) is 0 Å². The van der Waals surface area contributed by atoms with Crippen LogP contribution in [0.15, 0.2) is 30.3 Å². The van der Waals surface area contributed by atoms with Crippen LogP contribution in [0.1, 0.15) is 38.7 Å². The van der Waals surface area contributed by atoms with Gasteiger partial charge in [-0.25, -0.2) is 0 Å². The maximum absolute atomic E-state index is 9.16. The predicted octanol–water partition coefficient (Wildman–Crippen LogP) is 3.61. The van der Waals surface area contributed by atoms with Gasteiger partial charge in [-0.2, -0.15) is 10.5 Å². The molecule has 1 rings (SSSR count). The van der Waals surface area contributed by atoms with Crippen LogP contribution in [0.25, 0.3) is 0 Å². The number of hydrogen-bond acceptors (Lipinski definition) is 3. The van der Waals surface area contributed by atoms with Crippen LogP contribution in [0.2, 0.25) is 0 Å². The number of nitrogens with zero attached hydrogens (tertiary/aromatic N) is 2. The molecule has 0 heterocycles. The van der Waals surface area contributed by atoms with E-state index in [1.54, 1.807) is 6.92 Å². The van der Waals surface area contributed by atoms with Crippen molar-refractivity contribution in [1.82, 2.24) is 0 Å². The molecule has 3 heteroatoms. The van der Waals surface area contributed by atoms with Crippen molar-refractivity contribution in [3.63, 3.8) is 0 Å². The molecule has 0 N–H and O–H groups in total. The molecule has 1 aromatic carbocycles. The number of rotatable bonds is 7. The fraction of sp³-hybridized carbons (Fsp3) is 0.500. The van der Waals surface area contributed by atoms with Crippen molar-refractivity contribution >= 4 is 0 Å². The van der Waals surface area contributed by atoms with Gasteiger partial charge in [-0.1, -0.05) is 50.6 Å². The molecule has 0 aliphatic heterocycles. The standard InChI is InChI=1S/C16H20N2O/c1-3-8-15(11-14-9-6-5-7-10-14)19-16(4-2,12-17)13-18/h5-7,9-10,15H,3-4,8,11H2,1-2H3. The molecule has 1 aromatic rings. The van der Waals surface area contributed by atoms with Crippen LogP contribution < -0.4 is 0 Å². The highest BCUT2D eigenvalue weighted by Gasteiger charge is 2.32. The van der Waals surface area contributed by atoms with Crippen molar-refractivity contribution in [3.05, 3.63) is 35.9 Å². The Kier molecular flexibility index (Phi) is 6.06. The Hall–Kier alpha value is -1.84. The molecule has 0 amide bonds. The first-order valence-corrected chi connectivity index (χ1v) is 6.74. The highest BCUT2D eigenvalue weighted by atomic mass is 16.5. The first kappa shape index (κ1) is 15.2. The molecule has 0 radical (unpaired) electrons. The molecular formula is C16H20N2O. The summed E-state index contributed by atoms with van der Waals surface area (Å²) in [4.78, 5) is 0. The molecule has 0 aromatic heterocycles. The summed E-state index contributed by atoms with van der Waals surface area (Å²) < 4.78 is 5.81. The molecule has 0 saturated carbocycles. The summed E-state index contributed by atoms with van der Waals surface area (Å²) in [6, 6.07) is 14.0. The highest BCUT2D eigenvalue weighted by molar-refractivity contribution is 5.19. The van der Waals surface area contributed by atoms with Crippen LogP contribution in [-0.2, 0) is 11.2 Å². The number of ether oxygens (including phenoxy) is 1. The summed E-state index contributed by atoms with van der Waals surface area (Å²) in [6.07, 6.45) is 2.84. The molecule has 19 heavy (non-hydrogen) atoms. The first-order chi connectivity index (χ1) is 9.19. The van der Waals surface area contributed by atoms with E-state index in [-0.39, 0.29) is 6.10 Å². The van der Waals surface area contributed by atoms with Gasteiger partial charge >= 0.3 is 0 Å². The third-order valence-corrected chi connectivity index (χ3v) is 3.14. The maximum Gasteiger partial charge on any atom is 0.241 e. The van der Waals surface area contributed by atoms with Crippen molar-refractivity contribution in [2.75, 3.05) is 0 Å². The van der Waals surface area contributed by atoms with E-state index in [1.807, 2.05) is 42.5 Å². The molecular weight excluding hydrogens is 236 g/mol. The Morgan fingerprint density at radius 2 is 1.79 bits per heavy atom. The van der Waals surface area contributed by atoms with Gasteiger partial charge in [-0.3, -0.25) is 0 Å². The Labute approximate surface area is 115 Å². The van der Waals surface area contributed by atoms with Gasteiger partial charge in [0.1, 0.15) is 12.1 Å². The first-order valence-electron chi connectivity index (χ1n) is 6.74. The van der Waals surface area contributed by atoms with Crippen LogP contribution >= 0.6 is 0 Å². The van der Waals surface area contributed by atoms with E-state index in [9.17, 15) is 0 Å². The zero-order valence-corrected chi connectivity index (χ0v) is 11.6. The van der Waals surface area contributed by atoms with Crippen LogP contribution in [-0.4, -0.2) is 11.7 Å². The van der Waals surface area contributed by atoms with Crippen LogP contribution in [0.3, 0.4) is 0 Å². The lowest BCUT2D eigenvalue weighted by atomic mass is 10.0. The Morgan fingerprint density at radius 3 is 2.26 bits per heavy atom. The second-order valence-corrected chi connectivity index (χ2v) is 4.62. The van der Waals surface area contributed by atoms with Crippen LogP contribution in [0, 0.1) is 22.7 Å². The normalized spacial score (nSPS) is 12.4. The Morgan fingerprint density at radius 1 is 1.16 bits per heavy atom. The molecule has 0 aliphatic carbocycles. The fourth-order valence-electron chi connectivity index (χ4n) is 2.01. The maximum atomic E-state index is 9.16. The van der Waals surface area contributed by atoms with Crippen molar-refractivity contribution in [1.29, 1.82) is 10.5 Å². The van der Waals surface area contributed by atoms with Crippen molar-refractivity contribution < 1.29 is 4.74 Å². The summed E-state index contributed by atoms with van der Waals surface area (Å²) in [5.41, 5.74) is -0.143. The molecule has 0 fully saturated rings. The third-order valence-electron chi connectivity index (χ3n) is 3.14. The zero-order chi connectivity index (χ0) is 14.1. The summed E-state index contributed by atoms with van der Waals surface area (Å²) in [5.74, 6) is 0. The summed E-state index contributed by atoms with van der Waals surface area (Å²) in [6.45, 7) is 3.88. The van der Waals surface area contributed by atoms with Gasteiger partial charge in [-0.15, -0.1) is 0 Å². The lowest BCUT2D eigenvalue weighted by molar-refractivity contribution is -0.0305. The van der Waals surface area contributed by atoms with Crippen LogP contribution in [0.5, 0.6) is 0 Å². The quantitative estimate of drug-likeness (QED) is 0.748. The Bertz CT molecular complexity index is 442. The highest BCUT2D eigenvalue weighted by Crippen LogP contribution is 2.21. The van der Waals surface area contributed by atoms with Crippen molar-refractivity contribution in [3.8, 4) is 12.1 Å². The smallest absolute Gasteiger partial charge is 0.241 e. The minimum Gasteiger partial charge on any atom is -0.344 e. The second kappa shape index (κ2) is 7.56. The monoisotopic (exact) mass is 256 g/mol. The Balaban J connectivity index is 2.79. The number of nitriles is 2. The average Bonchev–Trinajstić information content (AvgIpc) is 2.46. The molecule has 0 saturated heterocycles. The summed E-state index contributed by atoms with van der Waals surface area (Å²) in [5, 5.41) is 18.3. The third kappa shape index (κ3) is 4.39. The van der Waals surface area contributed by atoms with E-state index >= 15 is 0 Å². The summed E-state index contributed by atoms with van der Waals surface area (Å²) in [7, 11) is 0. The molecule has 0 spiro atoms. The van der Waals surface area contributed by atoms with E-state index < -0.39 is 5.60 Å². The molecule has 1 atom stereocenters. The van der Waals surface area contributed by atoms with Crippen molar-refractivity contribution in [2.45, 2.75) is 51.2 Å². The number of benzene rings is 1. The minimum atomic E-state index is -1.31. The molecule has 100 valence electrons. The van der Waals surface area contributed by atoms with E-state index in [1.165, 1.54) is 5.56 Å². The van der Waals surface area contributed by atoms with E-state index in [0.29, 0.717) is 6.42 Å². The molecule has 1 unspecified atom stereocenters. The predicted molar refractivity (Wildman–Crippen MR) is 74.2 cm³/mol.